The van der Waals surface area contributed by atoms with Crippen LogP contribution in [0.5, 0.6) is 0 Å². The number of hydrogen-bond donors (Lipinski definition) is 2. The molecule has 0 fully saturated rings. The number of rotatable bonds is 11. The maximum atomic E-state index is 11.7. The second-order valence-corrected chi connectivity index (χ2v) is 6.02. The van der Waals surface area contributed by atoms with Crippen molar-refractivity contribution in [3.63, 3.8) is 0 Å². The molecule has 0 amide bonds. The van der Waals surface area contributed by atoms with Crippen LogP contribution in [0.15, 0.2) is 52.1 Å². The Morgan fingerprint density at radius 2 is 1.96 bits per heavy atom. The molecule has 1 heterocycles. The topological polar surface area (TPSA) is 85.1 Å². The number of nitrogens with one attached hydrogen (secondary N) is 2. The van der Waals surface area contributed by atoms with Crippen molar-refractivity contribution >= 4 is 11.9 Å². The van der Waals surface area contributed by atoms with Gasteiger partial charge in [0.2, 0.25) is 0 Å². The van der Waals surface area contributed by atoms with Crippen molar-refractivity contribution in [2.24, 2.45) is 4.99 Å². The van der Waals surface area contributed by atoms with Crippen molar-refractivity contribution in [1.29, 1.82) is 0 Å². The Kier molecular flexibility index (Phi) is 9.65. The number of guanidine groups is 1. The summed E-state index contributed by atoms with van der Waals surface area (Å²) < 4.78 is 15.8. The first-order valence-electron chi connectivity index (χ1n) is 9.61. The Hall–Kier alpha value is -2.80. The van der Waals surface area contributed by atoms with Gasteiger partial charge < -0.3 is 24.5 Å². The molecule has 0 bridgehead atoms. The molecule has 0 aliphatic heterocycles. The number of benzene rings is 1. The van der Waals surface area contributed by atoms with Crippen molar-refractivity contribution < 1.29 is 18.7 Å². The predicted octanol–water partition coefficient (Wildman–Crippen LogP) is 3.12. The van der Waals surface area contributed by atoms with Crippen LogP contribution < -0.4 is 10.6 Å². The normalized spacial score (nSPS) is 11.3. The minimum absolute atomic E-state index is 0.304. The van der Waals surface area contributed by atoms with Gasteiger partial charge in [0.25, 0.3) is 0 Å². The first-order valence-corrected chi connectivity index (χ1v) is 9.61. The first-order chi connectivity index (χ1) is 13.7. The lowest BCUT2D eigenvalue weighted by Crippen LogP contribution is -2.38. The minimum atomic E-state index is -0.304. The second-order valence-electron chi connectivity index (χ2n) is 6.02. The van der Waals surface area contributed by atoms with E-state index in [9.17, 15) is 4.79 Å². The number of nitrogens with zero attached hydrogens (tertiary/aromatic N) is 1. The van der Waals surface area contributed by atoms with Crippen LogP contribution in [-0.2, 0) is 22.6 Å². The highest BCUT2D eigenvalue weighted by Crippen LogP contribution is 2.07. The number of aliphatic imine (C=N–C) groups is 1. The van der Waals surface area contributed by atoms with E-state index in [0.717, 1.165) is 36.8 Å². The maximum Gasteiger partial charge on any atom is 0.338 e. The molecule has 2 rings (SSSR count). The lowest BCUT2D eigenvalue weighted by molar-refractivity contribution is 0.0526. The molecule has 2 N–H and O–H groups in total. The van der Waals surface area contributed by atoms with Gasteiger partial charge in [0, 0.05) is 19.7 Å². The third kappa shape index (κ3) is 7.84. The van der Waals surface area contributed by atoms with Gasteiger partial charge in [-0.25, -0.2) is 9.79 Å². The molecule has 7 heteroatoms. The first kappa shape index (κ1) is 21.5. The number of hydrogen-bond acceptors (Lipinski definition) is 5. The van der Waals surface area contributed by atoms with Gasteiger partial charge in [-0.3, -0.25) is 0 Å². The molecule has 0 atom stereocenters. The fourth-order valence-electron chi connectivity index (χ4n) is 2.42. The molecular weight excluding hydrogens is 358 g/mol. The highest BCUT2D eigenvalue weighted by molar-refractivity contribution is 5.89. The van der Waals surface area contributed by atoms with Crippen LogP contribution in [0.1, 0.15) is 41.9 Å². The molecule has 1 aromatic heterocycles. The van der Waals surface area contributed by atoms with E-state index in [-0.39, 0.29) is 5.97 Å². The minimum Gasteiger partial charge on any atom is -0.467 e. The van der Waals surface area contributed by atoms with Gasteiger partial charge in [0.15, 0.2) is 5.96 Å². The zero-order valence-electron chi connectivity index (χ0n) is 16.6. The molecule has 0 aliphatic rings. The van der Waals surface area contributed by atoms with Gasteiger partial charge in [-0.05, 0) is 50.1 Å². The number of furan rings is 1. The lowest BCUT2D eigenvalue weighted by atomic mass is 10.1. The predicted molar refractivity (Wildman–Crippen MR) is 108 cm³/mol. The Morgan fingerprint density at radius 1 is 1.14 bits per heavy atom. The molecule has 1 aromatic carbocycles. The van der Waals surface area contributed by atoms with Crippen molar-refractivity contribution in [3.8, 4) is 0 Å². The van der Waals surface area contributed by atoms with E-state index in [2.05, 4.69) is 15.6 Å². The fourth-order valence-corrected chi connectivity index (χ4v) is 2.42. The van der Waals surface area contributed by atoms with Gasteiger partial charge in [0.1, 0.15) is 12.4 Å². The summed E-state index contributed by atoms with van der Waals surface area (Å²) in [6, 6.07) is 11.1. The van der Waals surface area contributed by atoms with E-state index in [1.807, 2.05) is 31.2 Å². The Balaban J connectivity index is 1.72. The van der Waals surface area contributed by atoms with Crippen LogP contribution in [0.2, 0.25) is 0 Å². The fraction of sp³-hybridized carbons (Fsp3) is 0.429. The summed E-state index contributed by atoms with van der Waals surface area (Å²) >= 11 is 0. The van der Waals surface area contributed by atoms with E-state index < -0.39 is 0 Å². The van der Waals surface area contributed by atoms with Gasteiger partial charge in [0.05, 0.1) is 25.0 Å². The van der Waals surface area contributed by atoms with Crippen LogP contribution in [0.25, 0.3) is 0 Å². The summed E-state index contributed by atoms with van der Waals surface area (Å²) in [5.41, 5.74) is 1.57. The van der Waals surface area contributed by atoms with Crippen molar-refractivity contribution in [1.82, 2.24) is 10.6 Å². The summed E-state index contributed by atoms with van der Waals surface area (Å²) in [4.78, 5) is 16.3. The zero-order chi connectivity index (χ0) is 20.0. The average Bonchev–Trinajstić information content (AvgIpc) is 3.22. The second kappa shape index (κ2) is 12.6. The monoisotopic (exact) mass is 387 g/mol. The number of ether oxygens (including phenoxy) is 2. The summed E-state index contributed by atoms with van der Waals surface area (Å²) in [5, 5.41) is 6.51. The summed E-state index contributed by atoms with van der Waals surface area (Å²) in [6.45, 7) is 7.38. The van der Waals surface area contributed by atoms with E-state index in [0.29, 0.717) is 31.9 Å². The summed E-state index contributed by atoms with van der Waals surface area (Å²) in [6.07, 6.45) is 2.50. The molecule has 0 saturated heterocycles. The summed E-state index contributed by atoms with van der Waals surface area (Å²) in [7, 11) is 0. The number of carbonyl (C=O) groups is 1. The number of carbonyl (C=O) groups excluding carboxylic acids is 1. The molecule has 0 aliphatic carbocycles. The Bertz CT molecular complexity index is 712. The van der Waals surface area contributed by atoms with Gasteiger partial charge in [-0.15, -0.1) is 0 Å². The highest BCUT2D eigenvalue weighted by atomic mass is 16.5. The largest absolute Gasteiger partial charge is 0.467 e. The van der Waals surface area contributed by atoms with Gasteiger partial charge in [-0.1, -0.05) is 12.1 Å². The molecule has 7 nitrogen and oxygen atoms in total. The average molecular weight is 387 g/mol. The molecule has 152 valence electrons. The zero-order valence-corrected chi connectivity index (χ0v) is 16.6. The van der Waals surface area contributed by atoms with E-state index >= 15 is 0 Å². The third-order valence-electron chi connectivity index (χ3n) is 3.81. The van der Waals surface area contributed by atoms with Crippen molar-refractivity contribution in [3.05, 3.63) is 59.5 Å². The molecule has 0 radical (unpaired) electrons. The van der Waals surface area contributed by atoms with Crippen molar-refractivity contribution in [2.45, 2.75) is 33.4 Å². The number of esters is 1. The van der Waals surface area contributed by atoms with Gasteiger partial charge in [-0.2, -0.15) is 0 Å². The van der Waals surface area contributed by atoms with Crippen LogP contribution in [0.3, 0.4) is 0 Å². The van der Waals surface area contributed by atoms with E-state index in [1.165, 1.54) is 0 Å². The van der Waals surface area contributed by atoms with Crippen LogP contribution >= 0.6 is 0 Å². The maximum absolute atomic E-state index is 11.7. The Morgan fingerprint density at radius 3 is 2.64 bits per heavy atom. The van der Waals surface area contributed by atoms with Crippen LogP contribution in [0, 0.1) is 0 Å². The molecule has 0 spiro atoms. The Labute approximate surface area is 166 Å². The van der Waals surface area contributed by atoms with Crippen LogP contribution in [-0.4, -0.2) is 38.2 Å². The molecule has 0 saturated carbocycles. The molecule has 2 aromatic rings. The third-order valence-corrected chi connectivity index (χ3v) is 3.81. The standard InChI is InChI=1S/C21H29N3O4/c1-3-22-21(23-12-6-13-26-16-19-7-5-14-28-19)24-15-17-8-10-18(11-9-17)20(25)27-4-2/h5,7-11,14H,3-4,6,12-13,15-16H2,1-2H3,(H2,22,23,24). The van der Waals surface area contributed by atoms with Crippen molar-refractivity contribution in [2.75, 3.05) is 26.3 Å². The van der Waals surface area contributed by atoms with E-state index in [4.69, 9.17) is 13.9 Å². The quantitative estimate of drug-likeness (QED) is 0.267. The molecule has 28 heavy (non-hydrogen) atoms. The highest BCUT2D eigenvalue weighted by Gasteiger charge is 2.05. The lowest BCUT2D eigenvalue weighted by Gasteiger charge is -2.11. The van der Waals surface area contributed by atoms with Gasteiger partial charge >= 0.3 is 5.97 Å². The SMILES string of the molecule is CCNC(=NCc1ccc(C(=O)OCC)cc1)NCCCOCc1ccco1. The van der Waals surface area contributed by atoms with E-state index in [1.54, 1.807) is 25.3 Å². The van der Waals surface area contributed by atoms with Crippen LogP contribution in [0.4, 0.5) is 0 Å². The smallest absolute Gasteiger partial charge is 0.338 e. The molecular formula is C21H29N3O4. The summed E-state index contributed by atoms with van der Waals surface area (Å²) in [5.74, 6) is 1.28. The molecule has 0 unspecified atom stereocenters.